The quantitative estimate of drug-likeness (QED) is 0.698. The third-order valence-electron chi connectivity index (χ3n) is 3.53. The number of pyridine rings is 1. The molecule has 0 spiro atoms. The van der Waals surface area contributed by atoms with Crippen molar-refractivity contribution in [2.75, 3.05) is 0 Å². The second kappa shape index (κ2) is 5.07. The molecule has 3 aromatic rings. The van der Waals surface area contributed by atoms with Crippen molar-refractivity contribution < 1.29 is 4.42 Å². The molecule has 0 amide bonds. The molecule has 4 nitrogen and oxygen atoms in total. The van der Waals surface area contributed by atoms with Gasteiger partial charge in [0.15, 0.2) is 0 Å². The van der Waals surface area contributed by atoms with Gasteiger partial charge in [0, 0.05) is 11.1 Å². The minimum absolute atomic E-state index is 0.283. The predicted octanol–water partition coefficient (Wildman–Crippen LogP) is 4.69. The van der Waals surface area contributed by atoms with Gasteiger partial charge in [-0.25, -0.2) is 5.10 Å². The van der Waals surface area contributed by atoms with Gasteiger partial charge in [0.1, 0.15) is 0 Å². The van der Waals surface area contributed by atoms with E-state index in [1.807, 2.05) is 6.07 Å². The number of nitrogens with one attached hydrogen (secondary N) is 1. The van der Waals surface area contributed by atoms with Crippen molar-refractivity contribution in [3.8, 4) is 11.5 Å². The van der Waals surface area contributed by atoms with Crippen LogP contribution in [0.25, 0.3) is 22.4 Å². The van der Waals surface area contributed by atoms with E-state index in [2.05, 4.69) is 50.0 Å². The summed E-state index contributed by atoms with van der Waals surface area (Å²) >= 11 is 4.99. The van der Waals surface area contributed by atoms with Crippen LogP contribution >= 0.6 is 12.2 Å². The fraction of sp³-hybridized carbons (Fsp3) is 0.312. The molecule has 0 atom stereocenters. The molecule has 108 valence electrons. The van der Waals surface area contributed by atoms with Crippen molar-refractivity contribution in [2.45, 2.75) is 33.6 Å². The molecular formula is C16H17N3OS. The van der Waals surface area contributed by atoms with E-state index in [9.17, 15) is 0 Å². The van der Waals surface area contributed by atoms with Crippen molar-refractivity contribution in [3.63, 3.8) is 0 Å². The number of hydrogen-bond acceptors (Lipinski definition) is 4. The van der Waals surface area contributed by atoms with E-state index in [1.54, 1.807) is 0 Å². The zero-order valence-corrected chi connectivity index (χ0v) is 13.3. The highest BCUT2D eigenvalue weighted by Crippen LogP contribution is 2.32. The number of aromatic amines is 1. The van der Waals surface area contributed by atoms with E-state index in [-0.39, 0.29) is 4.84 Å². The van der Waals surface area contributed by atoms with Crippen molar-refractivity contribution in [3.05, 3.63) is 39.9 Å². The molecule has 2 aromatic heterocycles. The highest BCUT2D eigenvalue weighted by atomic mass is 32.1. The van der Waals surface area contributed by atoms with Crippen molar-refractivity contribution in [1.82, 2.24) is 15.2 Å². The van der Waals surface area contributed by atoms with Gasteiger partial charge in [-0.15, -0.1) is 5.10 Å². The zero-order valence-electron chi connectivity index (χ0n) is 12.5. The van der Waals surface area contributed by atoms with Crippen LogP contribution in [0, 0.1) is 18.7 Å². The largest absolute Gasteiger partial charge is 0.409 e. The Labute approximate surface area is 128 Å². The lowest BCUT2D eigenvalue weighted by atomic mass is 9.98. The maximum absolute atomic E-state index is 5.52. The standard InChI is InChI=1S/C16H17N3OS/c1-8(2)12-7-11(15-18-19-16(21)20-15)14-10(4)5-9(3)6-13(14)17-12/h5-8H,1-4H3,(H,19,21). The van der Waals surface area contributed by atoms with Gasteiger partial charge in [0.2, 0.25) is 5.89 Å². The van der Waals surface area contributed by atoms with Crippen LogP contribution in [0.15, 0.2) is 22.6 Å². The van der Waals surface area contributed by atoms with Gasteiger partial charge >= 0.3 is 0 Å². The maximum Gasteiger partial charge on any atom is 0.284 e. The van der Waals surface area contributed by atoms with Gasteiger partial charge in [0.05, 0.1) is 11.1 Å². The zero-order chi connectivity index (χ0) is 15.1. The number of benzene rings is 1. The normalized spacial score (nSPS) is 11.5. The molecule has 0 bridgehead atoms. The summed E-state index contributed by atoms with van der Waals surface area (Å²) in [5.74, 6) is 0.845. The molecule has 0 unspecified atom stereocenters. The number of fused-ring (bicyclic) bond motifs is 1. The van der Waals surface area contributed by atoms with Crippen LogP contribution in [0.5, 0.6) is 0 Å². The van der Waals surface area contributed by atoms with E-state index < -0.39 is 0 Å². The third kappa shape index (κ3) is 2.49. The molecular weight excluding hydrogens is 282 g/mol. The summed E-state index contributed by atoms with van der Waals surface area (Å²) in [7, 11) is 0. The second-order valence-electron chi connectivity index (χ2n) is 5.64. The Morgan fingerprint density at radius 3 is 2.57 bits per heavy atom. The van der Waals surface area contributed by atoms with E-state index >= 15 is 0 Å². The van der Waals surface area contributed by atoms with Crippen LogP contribution in [0.3, 0.4) is 0 Å². The average molecular weight is 299 g/mol. The lowest BCUT2D eigenvalue weighted by molar-refractivity contribution is 0.552. The van der Waals surface area contributed by atoms with Gasteiger partial charge in [-0.3, -0.25) is 4.98 Å². The van der Waals surface area contributed by atoms with Crippen LogP contribution < -0.4 is 0 Å². The van der Waals surface area contributed by atoms with Crippen molar-refractivity contribution >= 4 is 23.1 Å². The molecule has 3 rings (SSSR count). The van der Waals surface area contributed by atoms with Gasteiger partial charge in [-0.2, -0.15) is 0 Å². The highest BCUT2D eigenvalue weighted by molar-refractivity contribution is 7.71. The minimum atomic E-state index is 0.283. The Bertz CT molecular complexity index is 877. The summed E-state index contributed by atoms with van der Waals surface area (Å²) in [6, 6.07) is 6.28. The number of aromatic nitrogens is 3. The Morgan fingerprint density at radius 1 is 1.19 bits per heavy atom. The molecule has 0 aliphatic heterocycles. The van der Waals surface area contributed by atoms with Crippen LogP contribution in [-0.4, -0.2) is 15.2 Å². The molecule has 5 heteroatoms. The summed E-state index contributed by atoms with van der Waals surface area (Å²) < 4.78 is 5.52. The number of hydrogen-bond donors (Lipinski definition) is 1. The first-order chi connectivity index (χ1) is 9.95. The highest BCUT2D eigenvalue weighted by Gasteiger charge is 2.15. The summed E-state index contributed by atoms with van der Waals surface area (Å²) in [6.45, 7) is 8.41. The molecule has 0 saturated carbocycles. The summed E-state index contributed by atoms with van der Waals surface area (Å²) in [5, 5.41) is 7.93. The lowest BCUT2D eigenvalue weighted by Gasteiger charge is -2.12. The minimum Gasteiger partial charge on any atom is -0.409 e. The first-order valence-corrected chi connectivity index (χ1v) is 7.34. The van der Waals surface area contributed by atoms with Crippen molar-refractivity contribution in [2.24, 2.45) is 0 Å². The van der Waals surface area contributed by atoms with E-state index in [0.29, 0.717) is 11.8 Å². The second-order valence-corrected chi connectivity index (χ2v) is 6.01. The first kappa shape index (κ1) is 13.9. The van der Waals surface area contributed by atoms with Crippen LogP contribution in [0.1, 0.15) is 36.6 Å². The van der Waals surface area contributed by atoms with Crippen LogP contribution in [0.2, 0.25) is 0 Å². The van der Waals surface area contributed by atoms with E-state index in [1.165, 1.54) is 5.56 Å². The number of H-pyrrole nitrogens is 1. The average Bonchev–Trinajstić information content (AvgIpc) is 2.83. The van der Waals surface area contributed by atoms with Gasteiger partial charge < -0.3 is 4.42 Å². The smallest absolute Gasteiger partial charge is 0.284 e. The van der Waals surface area contributed by atoms with E-state index in [4.69, 9.17) is 21.6 Å². The topological polar surface area (TPSA) is 54.7 Å². The molecule has 0 fully saturated rings. The molecule has 1 aromatic carbocycles. The number of aryl methyl sites for hydroxylation is 2. The monoisotopic (exact) mass is 299 g/mol. The van der Waals surface area contributed by atoms with Gasteiger partial charge in [-0.05, 0) is 55.2 Å². The predicted molar refractivity (Wildman–Crippen MR) is 86.0 cm³/mol. The molecule has 1 N–H and O–H groups in total. The molecule has 21 heavy (non-hydrogen) atoms. The molecule has 2 heterocycles. The third-order valence-corrected chi connectivity index (χ3v) is 3.70. The lowest BCUT2D eigenvalue weighted by Crippen LogP contribution is -1.97. The maximum atomic E-state index is 5.52. The fourth-order valence-electron chi connectivity index (χ4n) is 2.58. The number of rotatable bonds is 2. The Hall–Kier alpha value is -2.01. The molecule has 0 radical (unpaired) electrons. The summed E-state index contributed by atoms with van der Waals surface area (Å²) in [4.78, 5) is 5.07. The van der Waals surface area contributed by atoms with Crippen LogP contribution in [-0.2, 0) is 0 Å². The summed E-state index contributed by atoms with van der Waals surface area (Å²) in [6.07, 6.45) is 0. The Balaban J connectivity index is 2.42. The van der Waals surface area contributed by atoms with Gasteiger partial charge in [-0.1, -0.05) is 19.9 Å². The Kier molecular flexibility index (Phi) is 3.37. The SMILES string of the molecule is Cc1cc(C)c2c(-c3n[nH]c(=S)o3)cc(C(C)C)nc2c1. The first-order valence-electron chi connectivity index (χ1n) is 6.93. The summed E-state index contributed by atoms with van der Waals surface area (Å²) in [5.41, 5.74) is 5.28. The molecule has 0 saturated heterocycles. The van der Waals surface area contributed by atoms with Crippen molar-refractivity contribution in [1.29, 1.82) is 0 Å². The van der Waals surface area contributed by atoms with E-state index in [0.717, 1.165) is 27.7 Å². The molecule has 0 aliphatic carbocycles. The van der Waals surface area contributed by atoms with Gasteiger partial charge in [0.25, 0.3) is 4.84 Å². The molecule has 0 aliphatic rings. The van der Waals surface area contributed by atoms with Crippen LogP contribution in [0.4, 0.5) is 0 Å². The number of nitrogens with zero attached hydrogens (tertiary/aromatic N) is 2. The fourth-order valence-corrected chi connectivity index (χ4v) is 2.71. The Morgan fingerprint density at radius 2 is 1.95 bits per heavy atom.